The fourth-order valence-electron chi connectivity index (χ4n) is 4.44. The molecular weight excluding hydrogens is 434 g/mol. The van der Waals surface area contributed by atoms with Gasteiger partial charge in [0.05, 0.1) is 23.2 Å². The third-order valence-corrected chi connectivity index (χ3v) is 7.08. The van der Waals surface area contributed by atoms with Gasteiger partial charge in [-0.15, -0.1) is 0 Å². The fourth-order valence-corrected chi connectivity index (χ4v) is 5.52. The second-order valence-electron chi connectivity index (χ2n) is 7.75. The van der Waals surface area contributed by atoms with Crippen LogP contribution in [0.25, 0.3) is 5.52 Å². The zero-order valence-corrected chi connectivity index (χ0v) is 17.5. The molecule has 2 N–H and O–H groups in total. The lowest BCUT2D eigenvalue weighted by Crippen LogP contribution is -2.46. The topological polar surface area (TPSA) is 78.3 Å². The first-order valence-corrected chi connectivity index (χ1v) is 11.1. The summed E-state index contributed by atoms with van der Waals surface area (Å²) in [5.74, 6) is -0.0870. The first-order chi connectivity index (χ1) is 15.6. The van der Waals surface area contributed by atoms with Gasteiger partial charge in [0.25, 0.3) is 12.3 Å². The molecule has 0 radical (unpaired) electrons. The lowest BCUT2D eigenvalue weighted by Gasteiger charge is -2.35. The van der Waals surface area contributed by atoms with Crippen molar-refractivity contribution in [3.63, 3.8) is 0 Å². The highest BCUT2D eigenvalue weighted by Crippen LogP contribution is 2.41. The Morgan fingerprint density at radius 1 is 1.22 bits per heavy atom. The number of nitrogens with zero attached hydrogens (tertiary/aromatic N) is 4. The summed E-state index contributed by atoms with van der Waals surface area (Å²) in [6, 6.07) is 11.8. The number of nitrogens with one attached hydrogen (secondary N) is 2. The molecule has 2 unspecified atom stereocenters. The van der Waals surface area contributed by atoms with Crippen molar-refractivity contribution >= 4 is 28.9 Å². The molecule has 0 saturated heterocycles. The number of para-hydroxylation sites is 1. The van der Waals surface area contributed by atoms with Crippen molar-refractivity contribution in [3.05, 3.63) is 77.6 Å². The SMILES string of the molecule is O=C(C1Nc2ccccc2S1)N1CCc2[nH]cnc2C1c1cc2c(C(F)F)cccn2n1. The Hall–Kier alpha value is -3.40. The maximum Gasteiger partial charge on any atom is 0.265 e. The number of anilines is 1. The molecule has 0 saturated carbocycles. The quantitative estimate of drug-likeness (QED) is 0.491. The minimum atomic E-state index is -2.62. The number of carbonyl (C=O) groups is 1. The number of aromatic amines is 1. The van der Waals surface area contributed by atoms with Crippen LogP contribution in [0.2, 0.25) is 0 Å². The van der Waals surface area contributed by atoms with Gasteiger partial charge in [-0.25, -0.2) is 18.3 Å². The third kappa shape index (κ3) is 2.97. The van der Waals surface area contributed by atoms with Gasteiger partial charge >= 0.3 is 0 Å². The van der Waals surface area contributed by atoms with E-state index in [0.29, 0.717) is 29.9 Å². The molecule has 0 aliphatic carbocycles. The van der Waals surface area contributed by atoms with Crippen LogP contribution in [-0.2, 0) is 11.2 Å². The van der Waals surface area contributed by atoms with Gasteiger partial charge in [-0.2, -0.15) is 5.10 Å². The highest BCUT2D eigenvalue weighted by Gasteiger charge is 2.40. The van der Waals surface area contributed by atoms with Crippen LogP contribution in [0.3, 0.4) is 0 Å². The van der Waals surface area contributed by atoms with Crippen LogP contribution in [0, 0.1) is 0 Å². The average molecular weight is 452 g/mol. The molecule has 10 heteroatoms. The molecule has 7 nitrogen and oxygen atoms in total. The average Bonchev–Trinajstić information content (AvgIpc) is 3.54. The molecule has 2 aliphatic rings. The summed E-state index contributed by atoms with van der Waals surface area (Å²) in [4.78, 5) is 24.0. The monoisotopic (exact) mass is 452 g/mol. The standard InChI is InChI=1S/C22H18F2N6OS/c23-20(24)12-4-3-8-30-16(12)10-15(28-30)19-18-14(25-11-26-18)7-9-29(19)22(31)21-27-13-5-1-2-6-17(13)32-21/h1-6,8,10-11,19-21,27H,7,9H2,(H,25,26). The lowest BCUT2D eigenvalue weighted by molar-refractivity contribution is -0.132. The highest BCUT2D eigenvalue weighted by atomic mass is 32.2. The maximum absolute atomic E-state index is 13.6. The Morgan fingerprint density at radius 2 is 2.09 bits per heavy atom. The molecule has 1 amide bonds. The van der Waals surface area contributed by atoms with E-state index in [0.717, 1.165) is 16.3 Å². The van der Waals surface area contributed by atoms with Crippen LogP contribution in [0.5, 0.6) is 0 Å². The lowest BCUT2D eigenvalue weighted by atomic mass is 9.99. The van der Waals surface area contributed by atoms with Gasteiger partial charge in [-0.1, -0.05) is 23.9 Å². The van der Waals surface area contributed by atoms with Crippen LogP contribution in [0.4, 0.5) is 14.5 Å². The van der Waals surface area contributed by atoms with Gasteiger partial charge in [-0.05, 0) is 30.3 Å². The van der Waals surface area contributed by atoms with Crippen molar-refractivity contribution in [2.75, 3.05) is 11.9 Å². The minimum absolute atomic E-state index is 0.0870. The number of carbonyl (C=O) groups excluding carboxylic acids is 1. The van der Waals surface area contributed by atoms with Crippen LogP contribution in [-0.4, -0.2) is 42.3 Å². The molecule has 1 aromatic carbocycles. The summed E-state index contributed by atoms with van der Waals surface area (Å²) in [5.41, 5.74) is 3.31. The van der Waals surface area contributed by atoms with Crippen LogP contribution in [0.15, 0.2) is 59.9 Å². The molecule has 0 bridgehead atoms. The number of amides is 1. The van der Waals surface area contributed by atoms with E-state index in [1.807, 2.05) is 24.3 Å². The van der Waals surface area contributed by atoms with E-state index in [-0.39, 0.29) is 11.5 Å². The van der Waals surface area contributed by atoms with Gasteiger partial charge in [0.1, 0.15) is 6.04 Å². The molecule has 2 aliphatic heterocycles. The Labute approximate surface area is 185 Å². The summed E-state index contributed by atoms with van der Waals surface area (Å²) < 4.78 is 28.5. The van der Waals surface area contributed by atoms with Crippen molar-refractivity contribution in [2.24, 2.45) is 0 Å². The Morgan fingerprint density at radius 3 is 2.94 bits per heavy atom. The largest absolute Gasteiger partial charge is 0.364 e. The second-order valence-corrected chi connectivity index (χ2v) is 8.90. The van der Waals surface area contributed by atoms with Crippen LogP contribution < -0.4 is 5.32 Å². The summed E-state index contributed by atoms with van der Waals surface area (Å²) in [5, 5.41) is 7.39. The number of pyridine rings is 1. The normalized spacial score (nSPS) is 19.8. The number of hydrogen-bond acceptors (Lipinski definition) is 5. The van der Waals surface area contributed by atoms with E-state index in [9.17, 15) is 13.6 Å². The van der Waals surface area contributed by atoms with E-state index in [2.05, 4.69) is 20.4 Å². The number of H-pyrrole nitrogens is 1. The van der Waals surface area contributed by atoms with E-state index < -0.39 is 17.8 Å². The van der Waals surface area contributed by atoms with Gasteiger partial charge in [0.15, 0.2) is 5.37 Å². The molecule has 0 spiro atoms. The van der Waals surface area contributed by atoms with Gasteiger partial charge in [0, 0.05) is 41.0 Å². The van der Waals surface area contributed by atoms with Crippen molar-refractivity contribution in [1.29, 1.82) is 0 Å². The van der Waals surface area contributed by atoms with E-state index >= 15 is 0 Å². The molecule has 162 valence electrons. The Bertz CT molecular complexity index is 1310. The molecule has 4 aromatic rings. The molecule has 5 heterocycles. The number of hydrogen-bond donors (Lipinski definition) is 2. The van der Waals surface area contributed by atoms with Crippen molar-refractivity contribution in [2.45, 2.75) is 29.2 Å². The number of benzene rings is 1. The predicted molar refractivity (Wildman–Crippen MR) is 116 cm³/mol. The van der Waals surface area contributed by atoms with Crippen LogP contribution in [0.1, 0.15) is 35.1 Å². The number of imidazole rings is 1. The number of alkyl halides is 2. The number of fused-ring (bicyclic) bond motifs is 3. The van der Waals surface area contributed by atoms with E-state index in [4.69, 9.17) is 0 Å². The minimum Gasteiger partial charge on any atom is -0.364 e. The van der Waals surface area contributed by atoms with Crippen LogP contribution >= 0.6 is 11.8 Å². The summed E-state index contributed by atoms with van der Waals surface area (Å²) >= 11 is 1.47. The molecule has 3 aromatic heterocycles. The number of aromatic nitrogens is 4. The van der Waals surface area contributed by atoms with Crippen molar-refractivity contribution in [1.82, 2.24) is 24.5 Å². The van der Waals surface area contributed by atoms with E-state index in [1.165, 1.54) is 22.3 Å². The molecule has 6 rings (SSSR count). The summed E-state index contributed by atoms with van der Waals surface area (Å²) in [6.07, 6.45) is 1.25. The zero-order chi connectivity index (χ0) is 21.8. The Kier molecular flexibility index (Phi) is 4.42. The van der Waals surface area contributed by atoms with Crippen molar-refractivity contribution in [3.8, 4) is 0 Å². The number of rotatable bonds is 3. The van der Waals surface area contributed by atoms with E-state index in [1.54, 1.807) is 29.6 Å². The smallest absolute Gasteiger partial charge is 0.265 e. The van der Waals surface area contributed by atoms with Gasteiger partial charge in [0.2, 0.25) is 0 Å². The molecule has 32 heavy (non-hydrogen) atoms. The molecule has 0 fully saturated rings. The number of halogens is 2. The maximum atomic E-state index is 13.6. The van der Waals surface area contributed by atoms with Crippen molar-refractivity contribution < 1.29 is 13.6 Å². The third-order valence-electron chi connectivity index (χ3n) is 5.92. The number of thioether (sulfide) groups is 1. The molecular formula is C22H18F2N6OS. The predicted octanol–water partition coefficient (Wildman–Crippen LogP) is 4.01. The fraction of sp³-hybridized carbons (Fsp3) is 0.227. The highest BCUT2D eigenvalue weighted by molar-refractivity contribution is 8.01. The molecule has 2 atom stereocenters. The first kappa shape index (κ1) is 19.3. The Balaban J connectivity index is 1.41. The van der Waals surface area contributed by atoms with Gasteiger partial charge in [-0.3, -0.25) is 4.79 Å². The zero-order valence-electron chi connectivity index (χ0n) is 16.7. The second kappa shape index (κ2) is 7.33. The summed E-state index contributed by atoms with van der Waals surface area (Å²) in [7, 11) is 0. The summed E-state index contributed by atoms with van der Waals surface area (Å²) in [6.45, 7) is 0.476. The first-order valence-electron chi connectivity index (χ1n) is 10.2. The van der Waals surface area contributed by atoms with Gasteiger partial charge < -0.3 is 15.2 Å².